The van der Waals surface area contributed by atoms with Crippen LogP contribution in [-0.4, -0.2) is 6.65 Å². The van der Waals surface area contributed by atoms with Gasteiger partial charge in [-0.05, 0) is 0 Å². The summed E-state index contributed by atoms with van der Waals surface area (Å²) in [5.41, 5.74) is 8.27. The maximum atomic E-state index is 4.29. The van der Waals surface area contributed by atoms with Gasteiger partial charge >= 0.3 is 174 Å². The van der Waals surface area contributed by atoms with Gasteiger partial charge in [-0.2, -0.15) is 0 Å². The summed E-state index contributed by atoms with van der Waals surface area (Å²) < 4.78 is 2.82. The third kappa shape index (κ3) is 3.69. The minimum Gasteiger partial charge on any atom is -0.147 e. The van der Waals surface area contributed by atoms with E-state index >= 15 is 0 Å². The molecule has 0 N–H and O–H groups in total. The molecule has 0 radical (unpaired) electrons. The normalized spacial score (nSPS) is 20.1. The van der Waals surface area contributed by atoms with Crippen molar-refractivity contribution in [2.24, 2.45) is 0 Å². The number of hydrogen-bond acceptors (Lipinski definition) is 0. The number of benzene rings is 3. The van der Waals surface area contributed by atoms with Crippen LogP contribution in [0.5, 0.6) is 0 Å². The zero-order chi connectivity index (χ0) is 19.0. The van der Waals surface area contributed by atoms with Crippen molar-refractivity contribution in [2.75, 3.05) is 0 Å². The molecule has 3 aromatic carbocycles. The van der Waals surface area contributed by atoms with Gasteiger partial charge in [-0.3, -0.25) is 0 Å². The molecule has 0 nitrogen and oxygen atoms in total. The molecule has 0 amide bonds. The van der Waals surface area contributed by atoms with Crippen LogP contribution in [0, 0.1) is 0 Å². The Morgan fingerprint density at radius 1 is 0.667 bits per heavy atom. The Morgan fingerprint density at radius 3 is 1.63 bits per heavy atom. The van der Waals surface area contributed by atoms with E-state index in [1.165, 1.54) is 11.1 Å². The molecule has 0 aliphatic heterocycles. The van der Waals surface area contributed by atoms with Gasteiger partial charge in [-0.25, -0.2) is 0 Å². The van der Waals surface area contributed by atoms with Gasteiger partial charge in [0.1, 0.15) is 0 Å². The van der Waals surface area contributed by atoms with Gasteiger partial charge in [0, 0.05) is 0 Å². The average Bonchev–Trinajstić information content (AvgIpc) is 3.38. The predicted molar refractivity (Wildman–Crippen MR) is 136 cm³/mol. The third-order valence-electron chi connectivity index (χ3n) is 6.50. The summed E-state index contributed by atoms with van der Waals surface area (Å²) in [6.07, 6.45) is 9.82. The van der Waals surface area contributed by atoms with E-state index < -0.39 is 26.1 Å². The second-order valence-electron chi connectivity index (χ2n) is 7.83. The molecule has 3 aromatic rings. The Morgan fingerprint density at radius 2 is 1.13 bits per heavy atom. The third-order valence-corrected chi connectivity index (χ3v) is 33.6. The first-order valence-electron chi connectivity index (χ1n) is 10.1. The summed E-state index contributed by atoms with van der Waals surface area (Å²) in [6.45, 7) is 3.86. The Kier molecular flexibility index (Phi) is 7.58. The summed E-state index contributed by atoms with van der Waals surface area (Å²) in [5, 5.41) is 0. The summed E-state index contributed by atoms with van der Waals surface area (Å²) >= 11 is -2.98. The number of rotatable bonds is 5. The minimum atomic E-state index is -2.98. The van der Waals surface area contributed by atoms with Crippen LogP contribution in [0.4, 0.5) is 0 Å². The molecule has 0 saturated heterocycles. The molecule has 0 aromatic heterocycles. The number of halogens is 2. The Hall–Kier alpha value is -1.44. The van der Waals surface area contributed by atoms with Gasteiger partial charge in [0.25, 0.3) is 0 Å². The van der Waals surface area contributed by atoms with E-state index in [0.29, 0.717) is 7.25 Å². The maximum Gasteiger partial charge on any atom is -0.147 e. The van der Waals surface area contributed by atoms with Crippen molar-refractivity contribution < 1.29 is 19.4 Å². The molecule has 2 aliphatic rings. The zero-order valence-electron chi connectivity index (χ0n) is 16.8. The van der Waals surface area contributed by atoms with E-state index in [1.807, 2.05) is 0 Å². The Balaban J connectivity index is 0.00000128. The van der Waals surface area contributed by atoms with Crippen molar-refractivity contribution in [1.29, 1.82) is 0 Å². The standard InChI is InChI=1S/2C9H7.C6H5.C2H5Si.2ClH.Zr/c2*1-2-5-9-7-3-6-8(9)4-1;1-2-4-6-5-3-1;1-2-3;;;/h2*1-7H;1-5H;2H,1,3H2;2*1H;. The maximum absolute atomic E-state index is 4.29. The average molecular weight is 529 g/mol. The quantitative estimate of drug-likeness (QED) is 0.353. The molecule has 0 spiro atoms. The van der Waals surface area contributed by atoms with E-state index in [1.54, 1.807) is 14.4 Å². The fraction of sp³-hybridized carbons (Fsp3) is 0.0769. The zero-order valence-corrected chi connectivity index (χ0v) is 22.3. The molecule has 2 atom stereocenters. The molecular formula is C26H26Cl2SiZr. The summed E-state index contributed by atoms with van der Waals surface area (Å²) in [5.74, 6) is 0. The van der Waals surface area contributed by atoms with E-state index in [0.717, 1.165) is 0 Å². The van der Waals surface area contributed by atoms with E-state index in [2.05, 4.69) is 115 Å². The number of hydrogen-bond donors (Lipinski definition) is 0. The molecule has 2 aliphatic carbocycles. The van der Waals surface area contributed by atoms with E-state index in [-0.39, 0.29) is 24.8 Å². The Labute approximate surface area is 197 Å². The summed E-state index contributed by atoms with van der Waals surface area (Å²) in [4.78, 5) is 0. The van der Waals surface area contributed by atoms with Crippen molar-refractivity contribution in [3.63, 3.8) is 0 Å². The molecule has 5 rings (SSSR count). The van der Waals surface area contributed by atoms with Crippen molar-refractivity contribution in [3.05, 3.63) is 126 Å². The molecule has 0 saturated carbocycles. The predicted octanol–water partition coefficient (Wildman–Crippen LogP) is 6.07. The second-order valence-corrected chi connectivity index (χ2v) is 28.3. The van der Waals surface area contributed by atoms with Crippen LogP contribution in [0.1, 0.15) is 29.5 Å². The van der Waals surface area contributed by atoms with Gasteiger partial charge in [0.05, 0.1) is 0 Å². The van der Waals surface area contributed by atoms with Crippen LogP contribution in [0.15, 0.2) is 103 Å². The van der Waals surface area contributed by atoms with E-state index in [4.69, 9.17) is 0 Å². The van der Waals surface area contributed by atoms with Crippen LogP contribution < -0.4 is 3.27 Å². The molecule has 0 heterocycles. The molecular weight excluding hydrogens is 503 g/mol. The van der Waals surface area contributed by atoms with E-state index in [9.17, 15) is 0 Å². The van der Waals surface area contributed by atoms with Gasteiger partial charge in [0.15, 0.2) is 0 Å². The van der Waals surface area contributed by atoms with Gasteiger partial charge < -0.3 is 0 Å². The topological polar surface area (TPSA) is 0 Å². The largest absolute Gasteiger partial charge is 0.147 e. The minimum absolute atomic E-state index is 0. The number of allylic oxidation sites excluding steroid dienone is 2. The van der Waals surface area contributed by atoms with Crippen LogP contribution in [-0.2, 0) is 19.4 Å². The first-order chi connectivity index (χ1) is 13.8. The van der Waals surface area contributed by atoms with Crippen LogP contribution >= 0.6 is 24.8 Å². The molecule has 2 unspecified atom stereocenters. The summed E-state index contributed by atoms with van der Waals surface area (Å²) in [6, 6.07) is 29.6. The molecule has 0 fully saturated rings. The van der Waals surface area contributed by atoms with Gasteiger partial charge in [-0.15, -0.1) is 24.8 Å². The fourth-order valence-electron chi connectivity index (χ4n) is 5.31. The smallest absolute Gasteiger partial charge is 0.147 e. The number of fused-ring (bicyclic) bond motifs is 2. The van der Waals surface area contributed by atoms with Crippen molar-refractivity contribution in [2.45, 2.75) is 7.25 Å². The van der Waals surface area contributed by atoms with Crippen molar-refractivity contribution in [3.8, 4) is 0 Å². The SMILES string of the molecule is C=C[SiH2][Zr]([c]1ccccc1)([CH]1C=Cc2ccccc21)[CH]1C=Cc2ccccc21.Cl.Cl. The molecule has 4 heteroatoms. The second kappa shape index (κ2) is 9.79. The monoisotopic (exact) mass is 526 g/mol. The molecule has 152 valence electrons. The van der Waals surface area contributed by atoms with Crippen molar-refractivity contribution in [1.82, 2.24) is 0 Å². The fourth-order valence-corrected chi connectivity index (χ4v) is 32.0. The van der Waals surface area contributed by atoms with Crippen molar-refractivity contribution >= 4 is 46.9 Å². The first-order valence-corrected chi connectivity index (χ1v) is 20.9. The van der Waals surface area contributed by atoms with Gasteiger partial charge in [0.2, 0.25) is 0 Å². The summed E-state index contributed by atoms with van der Waals surface area (Å²) in [7, 11) is 0. The van der Waals surface area contributed by atoms with Crippen LogP contribution in [0.2, 0.25) is 0 Å². The first kappa shape index (κ1) is 23.2. The van der Waals surface area contributed by atoms with Gasteiger partial charge in [-0.1, -0.05) is 0 Å². The molecule has 30 heavy (non-hydrogen) atoms. The molecule has 0 bridgehead atoms. The Bertz CT molecular complexity index is 1030. The van der Waals surface area contributed by atoms with Crippen LogP contribution in [0.3, 0.4) is 0 Å². The van der Waals surface area contributed by atoms with Crippen LogP contribution in [0.25, 0.3) is 12.2 Å².